The first-order valence-corrected chi connectivity index (χ1v) is 6.91. The molecule has 2 aromatic rings. The largest absolute Gasteiger partial charge is 0.496 e. The number of aliphatic hydroxyl groups excluding tert-OH is 1. The molecule has 2 rings (SSSR count). The molecule has 21 heavy (non-hydrogen) atoms. The lowest BCUT2D eigenvalue weighted by molar-refractivity contribution is 0.190. The van der Waals surface area contributed by atoms with E-state index in [2.05, 4.69) is 0 Å². The minimum atomic E-state index is -0.689. The van der Waals surface area contributed by atoms with E-state index >= 15 is 0 Å². The van der Waals surface area contributed by atoms with Crippen LogP contribution in [0.15, 0.2) is 42.5 Å². The maximum absolute atomic E-state index is 9.95. The van der Waals surface area contributed by atoms with E-state index in [4.69, 9.17) is 14.2 Å². The molecule has 0 saturated heterocycles. The number of ether oxygens (including phenoxy) is 3. The summed E-state index contributed by atoms with van der Waals surface area (Å²) in [6, 6.07) is 12.8. The lowest BCUT2D eigenvalue weighted by atomic mass is 10.1. The van der Waals surface area contributed by atoms with Crippen LogP contribution < -0.4 is 14.2 Å². The van der Waals surface area contributed by atoms with Crippen LogP contribution >= 0.6 is 0 Å². The fourth-order valence-corrected chi connectivity index (χ4v) is 2.12. The van der Waals surface area contributed by atoms with Gasteiger partial charge < -0.3 is 19.3 Å². The van der Waals surface area contributed by atoms with Crippen LogP contribution in [0.4, 0.5) is 0 Å². The van der Waals surface area contributed by atoms with Crippen molar-refractivity contribution in [1.82, 2.24) is 0 Å². The van der Waals surface area contributed by atoms with Gasteiger partial charge in [-0.25, -0.2) is 0 Å². The molecule has 0 heterocycles. The van der Waals surface area contributed by atoms with Crippen molar-refractivity contribution in [2.75, 3.05) is 13.7 Å². The summed E-state index contributed by atoms with van der Waals surface area (Å²) in [6.07, 6.45) is -0.689. The van der Waals surface area contributed by atoms with Gasteiger partial charge in [-0.2, -0.15) is 0 Å². The van der Waals surface area contributed by atoms with Gasteiger partial charge in [-0.3, -0.25) is 0 Å². The summed E-state index contributed by atoms with van der Waals surface area (Å²) in [6.45, 7) is 4.21. The highest BCUT2D eigenvalue weighted by molar-refractivity contribution is 5.48. The minimum absolute atomic E-state index is 0.568. The van der Waals surface area contributed by atoms with Crippen molar-refractivity contribution >= 4 is 0 Å². The van der Waals surface area contributed by atoms with Crippen LogP contribution in [0.2, 0.25) is 0 Å². The van der Waals surface area contributed by atoms with Crippen molar-refractivity contribution in [2.45, 2.75) is 20.0 Å². The predicted octanol–water partition coefficient (Wildman–Crippen LogP) is 3.94. The fraction of sp³-hybridized carbons (Fsp3) is 0.294. The summed E-state index contributed by atoms with van der Waals surface area (Å²) in [5.74, 6) is 2.56. The second kappa shape index (κ2) is 6.99. The molecule has 2 aromatic carbocycles. The first-order valence-electron chi connectivity index (χ1n) is 6.91. The maximum atomic E-state index is 9.95. The van der Waals surface area contributed by atoms with Gasteiger partial charge in [-0.05, 0) is 38.1 Å². The van der Waals surface area contributed by atoms with Crippen molar-refractivity contribution in [2.24, 2.45) is 0 Å². The molecule has 1 N–H and O–H groups in total. The minimum Gasteiger partial charge on any atom is -0.496 e. The third kappa shape index (κ3) is 3.67. The van der Waals surface area contributed by atoms with E-state index in [1.807, 2.05) is 37.3 Å². The Balaban J connectivity index is 2.33. The quantitative estimate of drug-likeness (QED) is 0.874. The SMILES string of the molecule is CCOc1cccc(Oc2cccc(OC)c2[C@@H](C)O)c1. The van der Waals surface area contributed by atoms with Gasteiger partial charge in [0.1, 0.15) is 23.0 Å². The Bertz CT molecular complexity index is 593. The zero-order valence-corrected chi connectivity index (χ0v) is 12.5. The third-order valence-corrected chi connectivity index (χ3v) is 3.01. The van der Waals surface area contributed by atoms with Crippen molar-refractivity contribution in [3.05, 3.63) is 48.0 Å². The van der Waals surface area contributed by atoms with Crippen LogP contribution in [0.25, 0.3) is 0 Å². The molecule has 0 aromatic heterocycles. The van der Waals surface area contributed by atoms with Crippen LogP contribution in [-0.4, -0.2) is 18.8 Å². The summed E-state index contributed by atoms with van der Waals surface area (Å²) in [4.78, 5) is 0. The molecular weight excluding hydrogens is 268 g/mol. The second-order valence-corrected chi connectivity index (χ2v) is 4.56. The van der Waals surface area contributed by atoms with Crippen molar-refractivity contribution in [1.29, 1.82) is 0 Å². The van der Waals surface area contributed by atoms with Gasteiger partial charge in [0.15, 0.2) is 0 Å². The molecule has 0 bridgehead atoms. The Morgan fingerprint density at radius 2 is 1.71 bits per heavy atom. The molecule has 0 amide bonds. The Kier molecular flexibility index (Phi) is 5.06. The highest BCUT2D eigenvalue weighted by Gasteiger charge is 2.16. The average molecular weight is 288 g/mol. The molecule has 0 aliphatic carbocycles. The molecular formula is C17H20O4. The van der Waals surface area contributed by atoms with Gasteiger partial charge in [-0.1, -0.05) is 12.1 Å². The van der Waals surface area contributed by atoms with Gasteiger partial charge in [0.05, 0.1) is 25.4 Å². The maximum Gasteiger partial charge on any atom is 0.136 e. The van der Waals surface area contributed by atoms with Crippen molar-refractivity contribution in [3.63, 3.8) is 0 Å². The average Bonchev–Trinajstić information content (AvgIpc) is 2.47. The zero-order chi connectivity index (χ0) is 15.2. The van der Waals surface area contributed by atoms with E-state index in [-0.39, 0.29) is 0 Å². The number of aliphatic hydroxyl groups is 1. The van der Waals surface area contributed by atoms with E-state index in [0.29, 0.717) is 29.4 Å². The summed E-state index contributed by atoms with van der Waals surface area (Å²) in [5, 5.41) is 9.95. The Labute approximate surface area is 124 Å². The molecule has 112 valence electrons. The molecule has 4 heteroatoms. The third-order valence-electron chi connectivity index (χ3n) is 3.01. The van der Waals surface area contributed by atoms with Gasteiger partial charge in [0.25, 0.3) is 0 Å². The highest BCUT2D eigenvalue weighted by atomic mass is 16.5. The van der Waals surface area contributed by atoms with Crippen LogP contribution in [0, 0.1) is 0 Å². The molecule has 0 saturated carbocycles. The monoisotopic (exact) mass is 288 g/mol. The van der Waals surface area contributed by atoms with Crippen molar-refractivity contribution < 1.29 is 19.3 Å². The lowest BCUT2D eigenvalue weighted by Crippen LogP contribution is -2.00. The van der Waals surface area contributed by atoms with Crippen LogP contribution in [0.3, 0.4) is 0 Å². The Hall–Kier alpha value is -2.20. The number of methoxy groups -OCH3 is 1. The van der Waals surface area contributed by atoms with E-state index in [1.54, 1.807) is 26.2 Å². The van der Waals surface area contributed by atoms with E-state index in [0.717, 1.165) is 5.75 Å². The number of benzene rings is 2. The summed E-state index contributed by atoms with van der Waals surface area (Å²) in [7, 11) is 1.57. The molecule has 0 unspecified atom stereocenters. The molecule has 4 nitrogen and oxygen atoms in total. The van der Waals surface area contributed by atoms with Crippen LogP contribution in [-0.2, 0) is 0 Å². The highest BCUT2D eigenvalue weighted by Crippen LogP contribution is 2.36. The van der Waals surface area contributed by atoms with Gasteiger partial charge in [-0.15, -0.1) is 0 Å². The first-order chi connectivity index (χ1) is 10.2. The first kappa shape index (κ1) is 15.2. The molecule has 0 aliphatic rings. The molecule has 0 radical (unpaired) electrons. The van der Waals surface area contributed by atoms with E-state index in [9.17, 15) is 5.11 Å². The normalized spacial score (nSPS) is 11.8. The van der Waals surface area contributed by atoms with Gasteiger partial charge >= 0.3 is 0 Å². The molecule has 0 fully saturated rings. The number of rotatable bonds is 6. The zero-order valence-electron chi connectivity index (χ0n) is 12.5. The molecule has 1 atom stereocenters. The van der Waals surface area contributed by atoms with Gasteiger partial charge in [0, 0.05) is 6.07 Å². The predicted molar refractivity (Wildman–Crippen MR) is 81.3 cm³/mol. The summed E-state index contributed by atoms with van der Waals surface area (Å²) < 4.78 is 16.6. The Morgan fingerprint density at radius 3 is 2.38 bits per heavy atom. The molecule has 0 spiro atoms. The van der Waals surface area contributed by atoms with Gasteiger partial charge in [0.2, 0.25) is 0 Å². The Morgan fingerprint density at radius 1 is 1.05 bits per heavy atom. The summed E-state index contributed by atoms with van der Waals surface area (Å²) in [5.41, 5.74) is 0.627. The fourth-order valence-electron chi connectivity index (χ4n) is 2.12. The molecule has 0 aliphatic heterocycles. The van der Waals surface area contributed by atoms with Crippen LogP contribution in [0.1, 0.15) is 25.5 Å². The van der Waals surface area contributed by atoms with E-state index < -0.39 is 6.10 Å². The smallest absolute Gasteiger partial charge is 0.136 e. The van der Waals surface area contributed by atoms with E-state index in [1.165, 1.54) is 0 Å². The number of hydrogen-bond acceptors (Lipinski definition) is 4. The van der Waals surface area contributed by atoms with Crippen LogP contribution in [0.5, 0.6) is 23.0 Å². The second-order valence-electron chi connectivity index (χ2n) is 4.56. The topological polar surface area (TPSA) is 47.9 Å². The summed E-state index contributed by atoms with van der Waals surface area (Å²) >= 11 is 0. The lowest BCUT2D eigenvalue weighted by Gasteiger charge is -2.16. The standard InChI is InChI=1S/C17H20O4/c1-4-20-13-7-5-8-14(11-13)21-16-10-6-9-15(19-3)17(16)12(2)18/h5-12,18H,4H2,1-3H3/t12-/m1/s1. The number of hydrogen-bond donors (Lipinski definition) is 1. The van der Waals surface area contributed by atoms with Crippen molar-refractivity contribution in [3.8, 4) is 23.0 Å².